The molecule has 19 heavy (non-hydrogen) atoms. The molecule has 0 aliphatic carbocycles. The SMILES string of the molecule is Cc1nn(C)c(=O)c(C(=O)N[C@H](CO)C(=O)O)c1C. The fraction of sp³-hybridized carbons (Fsp3) is 0.455. The average Bonchev–Trinajstić information content (AvgIpc) is 2.33. The molecule has 104 valence electrons. The van der Waals surface area contributed by atoms with Crippen LogP contribution in [-0.2, 0) is 11.8 Å². The lowest BCUT2D eigenvalue weighted by atomic mass is 10.1. The maximum atomic E-state index is 11.9. The summed E-state index contributed by atoms with van der Waals surface area (Å²) in [5, 5.41) is 23.6. The van der Waals surface area contributed by atoms with Gasteiger partial charge in [0.2, 0.25) is 0 Å². The first kappa shape index (κ1) is 14.8. The van der Waals surface area contributed by atoms with Gasteiger partial charge in [0.15, 0.2) is 6.04 Å². The van der Waals surface area contributed by atoms with Crippen molar-refractivity contribution in [2.75, 3.05) is 6.61 Å². The van der Waals surface area contributed by atoms with Gasteiger partial charge in [0, 0.05) is 7.05 Å². The molecular formula is C11H15N3O5. The zero-order valence-electron chi connectivity index (χ0n) is 10.8. The van der Waals surface area contributed by atoms with Gasteiger partial charge in [0.1, 0.15) is 5.56 Å². The number of carboxylic acids is 1. The van der Waals surface area contributed by atoms with Crippen molar-refractivity contribution >= 4 is 11.9 Å². The Labute approximate surface area is 108 Å². The van der Waals surface area contributed by atoms with Gasteiger partial charge in [-0.25, -0.2) is 9.48 Å². The monoisotopic (exact) mass is 269 g/mol. The topological polar surface area (TPSA) is 122 Å². The van der Waals surface area contributed by atoms with Gasteiger partial charge >= 0.3 is 5.97 Å². The quantitative estimate of drug-likeness (QED) is 0.616. The highest BCUT2D eigenvalue weighted by atomic mass is 16.4. The Morgan fingerprint density at radius 1 is 1.42 bits per heavy atom. The number of aliphatic carboxylic acids is 1. The van der Waals surface area contributed by atoms with Crippen molar-refractivity contribution in [1.82, 2.24) is 15.1 Å². The van der Waals surface area contributed by atoms with E-state index in [1.807, 2.05) is 0 Å². The van der Waals surface area contributed by atoms with Crippen LogP contribution in [0.5, 0.6) is 0 Å². The smallest absolute Gasteiger partial charge is 0.328 e. The van der Waals surface area contributed by atoms with E-state index < -0.39 is 30.1 Å². The number of aromatic nitrogens is 2. The Morgan fingerprint density at radius 3 is 2.47 bits per heavy atom. The highest BCUT2D eigenvalue weighted by molar-refractivity contribution is 5.97. The van der Waals surface area contributed by atoms with E-state index in [2.05, 4.69) is 10.4 Å². The van der Waals surface area contributed by atoms with Crippen LogP contribution in [0.15, 0.2) is 4.79 Å². The number of aliphatic hydroxyl groups is 1. The van der Waals surface area contributed by atoms with Gasteiger partial charge < -0.3 is 15.5 Å². The molecule has 1 rings (SSSR count). The number of carbonyl (C=O) groups excluding carboxylic acids is 1. The second-order valence-corrected chi connectivity index (χ2v) is 4.06. The van der Waals surface area contributed by atoms with E-state index in [1.54, 1.807) is 13.8 Å². The van der Waals surface area contributed by atoms with Crippen molar-refractivity contribution in [3.8, 4) is 0 Å². The lowest BCUT2D eigenvalue weighted by molar-refractivity contribution is -0.140. The van der Waals surface area contributed by atoms with Gasteiger partial charge in [0.25, 0.3) is 11.5 Å². The number of nitrogens with zero attached hydrogens (tertiary/aromatic N) is 2. The van der Waals surface area contributed by atoms with E-state index in [0.717, 1.165) is 4.68 Å². The molecule has 0 aromatic carbocycles. The normalized spacial score (nSPS) is 12.0. The number of carboxylic acid groups (broad SMARTS) is 1. The molecule has 1 atom stereocenters. The maximum Gasteiger partial charge on any atom is 0.328 e. The molecule has 0 saturated carbocycles. The number of nitrogens with one attached hydrogen (secondary N) is 1. The fourth-order valence-electron chi connectivity index (χ4n) is 1.53. The van der Waals surface area contributed by atoms with Crippen LogP contribution in [-0.4, -0.2) is 44.5 Å². The van der Waals surface area contributed by atoms with Gasteiger partial charge in [-0.2, -0.15) is 5.10 Å². The van der Waals surface area contributed by atoms with Gasteiger partial charge in [-0.1, -0.05) is 0 Å². The van der Waals surface area contributed by atoms with Crippen molar-refractivity contribution in [1.29, 1.82) is 0 Å². The summed E-state index contributed by atoms with van der Waals surface area (Å²) in [6.07, 6.45) is 0. The summed E-state index contributed by atoms with van der Waals surface area (Å²) in [4.78, 5) is 34.5. The van der Waals surface area contributed by atoms with Crippen molar-refractivity contribution in [3.63, 3.8) is 0 Å². The van der Waals surface area contributed by atoms with Crippen LogP contribution < -0.4 is 10.9 Å². The third kappa shape index (κ3) is 2.97. The highest BCUT2D eigenvalue weighted by Gasteiger charge is 2.23. The number of aliphatic hydroxyl groups excluding tert-OH is 1. The molecule has 0 aliphatic rings. The molecule has 0 bridgehead atoms. The zero-order chi connectivity index (χ0) is 14.7. The molecular weight excluding hydrogens is 254 g/mol. The van der Waals surface area contributed by atoms with E-state index in [9.17, 15) is 14.4 Å². The van der Waals surface area contributed by atoms with E-state index in [4.69, 9.17) is 10.2 Å². The number of carbonyl (C=O) groups is 2. The zero-order valence-corrected chi connectivity index (χ0v) is 10.8. The standard InChI is InChI=1S/C11H15N3O5/c1-5-6(2)13-14(3)10(17)8(5)9(16)12-7(4-15)11(18)19/h7,15H,4H2,1-3H3,(H,12,16)(H,18,19)/t7-/m1/s1. The van der Waals surface area contributed by atoms with Gasteiger partial charge in [-0.05, 0) is 19.4 Å². The predicted octanol–water partition coefficient (Wildman–Crippen LogP) is -1.43. The molecule has 8 nitrogen and oxygen atoms in total. The Balaban J connectivity index is 3.21. The Hall–Kier alpha value is -2.22. The van der Waals surface area contributed by atoms with Crippen molar-refractivity contribution in [2.45, 2.75) is 19.9 Å². The summed E-state index contributed by atoms with van der Waals surface area (Å²) in [7, 11) is 1.40. The van der Waals surface area contributed by atoms with E-state index >= 15 is 0 Å². The first-order valence-corrected chi connectivity index (χ1v) is 5.48. The maximum absolute atomic E-state index is 11.9. The molecule has 1 aromatic heterocycles. The summed E-state index contributed by atoms with van der Waals surface area (Å²) >= 11 is 0. The van der Waals surface area contributed by atoms with E-state index in [-0.39, 0.29) is 5.56 Å². The molecule has 1 amide bonds. The minimum atomic E-state index is -1.45. The fourth-order valence-corrected chi connectivity index (χ4v) is 1.53. The first-order valence-electron chi connectivity index (χ1n) is 5.48. The largest absolute Gasteiger partial charge is 0.480 e. The lowest BCUT2D eigenvalue weighted by Gasteiger charge is -2.13. The third-order valence-corrected chi connectivity index (χ3v) is 2.74. The summed E-state index contributed by atoms with van der Waals surface area (Å²) in [6, 6.07) is -1.45. The number of hydrogen-bond acceptors (Lipinski definition) is 5. The third-order valence-electron chi connectivity index (χ3n) is 2.74. The molecule has 0 fully saturated rings. The van der Waals surface area contributed by atoms with Gasteiger partial charge in [-0.3, -0.25) is 9.59 Å². The average molecular weight is 269 g/mol. The van der Waals surface area contributed by atoms with E-state index in [0.29, 0.717) is 11.3 Å². The van der Waals surface area contributed by atoms with E-state index in [1.165, 1.54) is 7.05 Å². The molecule has 0 radical (unpaired) electrons. The second-order valence-electron chi connectivity index (χ2n) is 4.06. The predicted molar refractivity (Wildman–Crippen MR) is 64.9 cm³/mol. The van der Waals surface area contributed by atoms with Gasteiger partial charge in [0.05, 0.1) is 12.3 Å². The van der Waals surface area contributed by atoms with Crippen LogP contribution in [0.3, 0.4) is 0 Å². The summed E-state index contributed by atoms with van der Waals surface area (Å²) in [6.45, 7) is 2.42. The van der Waals surface area contributed by atoms with Crippen LogP contribution in [0.4, 0.5) is 0 Å². The molecule has 0 aliphatic heterocycles. The van der Waals surface area contributed by atoms with Crippen LogP contribution in [0.2, 0.25) is 0 Å². The van der Waals surface area contributed by atoms with Crippen molar-refractivity contribution in [3.05, 3.63) is 27.2 Å². The molecule has 0 saturated heterocycles. The number of hydrogen-bond donors (Lipinski definition) is 3. The lowest BCUT2D eigenvalue weighted by Crippen LogP contribution is -2.45. The van der Waals surface area contributed by atoms with Crippen LogP contribution in [0.25, 0.3) is 0 Å². The summed E-state index contributed by atoms with van der Waals surface area (Å²) < 4.78 is 1.01. The van der Waals surface area contributed by atoms with Crippen LogP contribution in [0.1, 0.15) is 21.6 Å². The number of rotatable bonds is 4. The molecule has 8 heteroatoms. The Bertz CT molecular complexity index is 578. The van der Waals surface area contributed by atoms with Crippen LogP contribution in [0, 0.1) is 13.8 Å². The van der Waals surface area contributed by atoms with Crippen molar-refractivity contribution in [2.24, 2.45) is 7.05 Å². The van der Waals surface area contributed by atoms with Crippen molar-refractivity contribution < 1.29 is 19.8 Å². The Kier molecular flexibility index (Phi) is 4.38. The number of aryl methyl sites for hydroxylation is 2. The summed E-state index contributed by atoms with van der Waals surface area (Å²) in [5.74, 6) is -2.22. The molecule has 0 spiro atoms. The molecule has 1 heterocycles. The Morgan fingerprint density at radius 2 is 2.00 bits per heavy atom. The molecule has 3 N–H and O–H groups in total. The van der Waals surface area contributed by atoms with Crippen LogP contribution >= 0.6 is 0 Å². The van der Waals surface area contributed by atoms with Gasteiger partial charge in [-0.15, -0.1) is 0 Å². The molecule has 1 aromatic rings. The second kappa shape index (κ2) is 5.61. The minimum absolute atomic E-state index is 0.172. The molecule has 0 unspecified atom stereocenters. The first-order chi connectivity index (χ1) is 8.79. The minimum Gasteiger partial charge on any atom is -0.480 e. The highest BCUT2D eigenvalue weighted by Crippen LogP contribution is 2.06. The number of amides is 1. The summed E-state index contributed by atoms with van der Waals surface area (Å²) in [5.41, 5.74) is 0.0724.